The van der Waals surface area contributed by atoms with Crippen molar-refractivity contribution in [3.8, 4) is 5.75 Å². The molecule has 2 atom stereocenters. The van der Waals surface area contributed by atoms with Gasteiger partial charge >= 0.3 is 0 Å². The minimum absolute atomic E-state index is 0.0604. The average molecular weight is 388 g/mol. The fraction of sp³-hybridized carbons (Fsp3) is 0.348. The summed E-state index contributed by atoms with van der Waals surface area (Å²) < 4.78 is 6.08. The van der Waals surface area contributed by atoms with Crippen molar-refractivity contribution in [1.82, 2.24) is 9.97 Å². The predicted octanol–water partition coefficient (Wildman–Crippen LogP) is 4.00. The second-order valence-corrected chi connectivity index (χ2v) is 7.93. The van der Waals surface area contributed by atoms with Crippen LogP contribution >= 0.6 is 0 Å². The van der Waals surface area contributed by atoms with E-state index in [-0.39, 0.29) is 17.9 Å². The summed E-state index contributed by atoms with van der Waals surface area (Å²) in [5.41, 5.74) is 3.32. The summed E-state index contributed by atoms with van der Waals surface area (Å²) in [5, 5.41) is 0. The van der Waals surface area contributed by atoms with Crippen LogP contribution in [0, 0.1) is 0 Å². The highest BCUT2D eigenvalue weighted by Gasteiger charge is 2.34. The molecule has 3 aromatic rings. The molecule has 29 heavy (non-hydrogen) atoms. The summed E-state index contributed by atoms with van der Waals surface area (Å²) in [6, 6.07) is 13.6. The molecule has 1 aromatic heterocycles. The average Bonchev–Trinajstić information content (AvgIpc) is 2.93. The summed E-state index contributed by atoms with van der Waals surface area (Å²) in [4.78, 5) is 27.2. The van der Waals surface area contributed by atoms with Gasteiger partial charge in [-0.3, -0.25) is 9.69 Å². The quantitative estimate of drug-likeness (QED) is 0.631. The molecule has 5 rings (SSSR count). The van der Waals surface area contributed by atoms with Crippen molar-refractivity contribution in [1.29, 1.82) is 0 Å². The third kappa shape index (κ3) is 2.82. The van der Waals surface area contributed by atoms with E-state index in [0.717, 1.165) is 35.4 Å². The van der Waals surface area contributed by atoms with Crippen molar-refractivity contribution in [2.75, 3.05) is 29.9 Å². The van der Waals surface area contributed by atoms with Crippen LogP contribution < -0.4 is 14.5 Å². The zero-order valence-corrected chi connectivity index (χ0v) is 16.9. The molecule has 0 bridgehead atoms. The second kappa shape index (κ2) is 6.72. The molecular formula is C23H24N4O2. The van der Waals surface area contributed by atoms with Crippen LogP contribution in [0.5, 0.6) is 5.75 Å². The molecule has 2 aromatic carbocycles. The number of rotatable bonds is 1. The van der Waals surface area contributed by atoms with Gasteiger partial charge in [-0.2, -0.15) is 0 Å². The van der Waals surface area contributed by atoms with Gasteiger partial charge in [0.2, 0.25) is 0 Å². The number of fused-ring (bicyclic) bond motifs is 3. The predicted molar refractivity (Wildman–Crippen MR) is 114 cm³/mol. The Morgan fingerprint density at radius 1 is 1.00 bits per heavy atom. The summed E-state index contributed by atoms with van der Waals surface area (Å²) in [7, 11) is 2.00. The van der Waals surface area contributed by atoms with Crippen LogP contribution in [0.1, 0.15) is 42.1 Å². The van der Waals surface area contributed by atoms with E-state index in [1.807, 2.05) is 50.4 Å². The molecular weight excluding hydrogens is 364 g/mol. The van der Waals surface area contributed by atoms with Gasteiger partial charge in [-0.1, -0.05) is 31.2 Å². The van der Waals surface area contributed by atoms with Crippen molar-refractivity contribution < 1.29 is 9.53 Å². The van der Waals surface area contributed by atoms with Crippen LogP contribution in [-0.4, -0.2) is 42.1 Å². The van der Waals surface area contributed by atoms with Crippen LogP contribution in [0.3, 0.4) is 0 Å². The molecule has 0 N–H and O–H groups in total. The Labute approximate surface area is 170 Å². The number of aromatic nitrogens is 2. The maximum Gasteiger partial charge on any atom is 0.263 e. The minimum atomic E-state index is -0.0794. The third-order valence-corrected chi connectivity index (χ3v) is 6.05. The lowest BCUT2D eigenvalue weighted by atomic mass is 9.96. The zero-order valence-electron chi connectivity index (χ0n) is 16.9. The molecule has 1 amide bonds. The Bertz CT molecular complexity index is 1110. The van der Waals surface area contributed by atoms with Gasteiger partial charge in [-0.15, -0.1) is 0 Å². The van der Waals surface area contributed by atoms with E-state index in [2.05, 4.69) is 17.9 Å². The molecule has 2 unspecified atom stereocenters. The highest BCUT2D eigenvalue weighted by molar-refractivity contribution is 6.09. The Morgan fingerprint density at radius 3 is 2.48 bits per heavy atom. The van der Waals surface area contributed by atoms with Crippen molar-refractivity contribution in [2.24, 2.45) is 0 Å². The molecule has 0 saturated heterocycles. The number of para-hydroxylation sites is 3. The van der Waals surface area contributed by atoms with E-state index < -0.39 is 0 Å². The van der Waals surface area contributed by atoms with E-state index in [4.69, 9.17) is 14.7 Å². The maximum absolute atomic E-state index is 13.7. The van der Waals surface area contributed by atoms with E-state index >= 15 is 0 Å². The third-order valence-electron chi connectivity index (χ3n) is 6.05. The number of hydrogen-bond acceptors (Lipinski definition) is 5. The summed E-state index contributed by atoms with van der Waals surface area (Å²) >= 11 is 0. The van der Waals surface area contributed by atoms with Crippen molar-refractivity contribution >= 4 is 28.6 Å². The monoisotopic (exact) mass is 388 g/mol. The number of benzene rings is 2. The Kier molecular flexibility index (Phi) is 4.15. The first kappa shape index (κ1) is 17.9. The number of amides is 1. The maximum atomic E-state index is 13.7. The van der Waals surface area contributed by atoms with E-state index in [1.54, 1.807) is 4.90 Å². The fourth-order valence-corrected chi connectivity index (χ4v) is 4.19. The van der Waals surface area contributed by atoms with E-state index in [9.17, 15) is 4.79 Å². The topological polar surface area (TPSA) is 58.6 Å². The first-order valence-electron chi connectivity index (χ1n) is 10.1. The second-order valence-electron chi connectivity index (χ2n) is 7.93. The minimum Gasteiger partial charge on any atom is -0.489 e. The molecule has 0 fully saturated rings. The van der Waals surface area contributed by atoms with Crippen molar-refractivity contribution in [3.05, 3.63) is 53.6 Å². The Hall–Kier alpha value is -3.15. The fourth-order valence-electron chi connectivity index (χ4n) is 4.19. The molecule has 3 heterocycles. The molecule has 2 aliphatic heterocycles. The highest BCUT2D eigenvalue weighted by Crippen LogP contribution is 2.41. The molecule has 6 heteroatoms. The molecule has 6 nitrogen and oxygen atoms in total. The van der Waals surface area contributed by atoms with Gasteiger partial charge in [0.1, 0.15) is 11.9 Å². The number of carbonyl (C=O) groups excluding carboxylic acids is 1. The SMILES string of the molecule is CC1Oc2c(C(=O)N3CCCN(C)c4nc5ccccc5nc43)cccc2C1C. The first-order chi connectivity index (χ1) is 14.0. The number of ether oxygens (including phenoxy) is 1. The lowest BCUT2D eigenvalue weighted by molar-refractivity contribution is 0.0981. The largest absolute Gasteiger partial charge is 0.489 e. The zero-order chi connectivity index (χ0) is 20.1. The first-order valence-corrected chi connectivity index (χ1v) is 10.1. The lowest BCUT2D eigenvalue weighted by Gasteiger charge is -2.23. The van der Waals surface area contributed by atoms with Gasteiger partial charge in [0, 0.05) is 31.6 Å². The summed E-state index contributed by atoms with van der Waals surface area (Å²) in [5.74, 6) is 2.26. The van der Waals surface area contributed by atoms with Crippen LogP contribution in [-0.2, 0) is 0 Å². The number of carbonyl (C=O) groups is 1. The van der Waals surface area contributed by atoms with Gasteiger partial charge in [-0.25, -0.2) is 9.97 Å². The standard InChI is InChI=1S/C23H24N4O2/c1-14-15(2)29-20-16(14)8-6-9-17(20)23(28)27-13-7-12-26(3)21-22(27)25-19-11-5-4-10-18(19)24-21/h4-6,8-11,14-15H,7,12-13H2,1-3H3. The van der Waals surface area contributed by atoms with Crippen LogP contribution in [0.15, 0.2) is 42.5 Å². The van der Waals surface area contributed by atoms with Crippen LogP contribution in [0.4, 0.5) is 11.6 Å². The van der Waals surface area contributed by atoms with Gasteiger partial charge in [0.25, 0.3) is 5.91 Å². The van der Waals surface area contributed by atoms with Gasteiger partial charge in [0.15, 0.2) is 11.6 Å². The van der Waals surface area contributed by atoms with Crippen molar-refractivity contribution in [3.63, 3.8) is 0 Å². The van der Waals surface area contributed by atoms with Crippen LogP contribution in [0.2, 0.25) is 0 Å². The molecule has 148 valence electrons. The lowest BCUT2D eigenvalue weighted by Crippen LogP contribution is -2.32. The van der Waals surface area contributed by atoms with Crippen LogP contribution in [0.25, 0.3) is 11.0 Å². The number of nitrogens with zero attached hydrogens (tertiary/aromatic N) is 4. The Balaban J connectivity index is 1.64. The Morgan fingerprint density at radius 2 is 1.72 bits per heavy atom. The normalized spacial score (nSPS) is 20.8. The summed E-state index contributed by atoms with van der Waals surface area (Å²) in [6.07, 6.45) is 0.907. The van der Waals surface area contributed by atoms with Gasteiger partial charge in [0.05, 0.1) is 16.6 Å². The van der Waals surface area contributed by atoms with E-state index in [1.165, 1.54) is 0 Å². The smallest absolute Gasteiger partial charge is 0.263 e. The van der Waals surface area contributed by atoms with Gasteiger partial charge < -0.3 is 9.64 Å². The van der Waals surface area contributed by atoms with Crippen molar-refractivity contribution in [2.45, 2.75) is 32.3 Å². The van der Waals surface area contributed by atoms with Gasteiger partial charge in [-0.05, 0) is 31.5 Å². The van der Waals surface area contributed by atoms with E-state index in [0.29, 0.717) is 23.7 Å². The molecule has 0 saturated carbocycles. The summed E-state index contributed by atoms with van der Waals surface area (Å²) in [6.45, 7) is 5.60. The molecule has 0 spiro atoms. The molecule has 0 radical (unpaired) electrons. The molecule has 2 aliphatic rings. The number of hydrogen-bond donors (Lipinski definition) is 0. The molecule has 0 aliphatic carbocycles. The number of anilines is 2. The highest BCUT2D eigenvalue weighted by atomic mass is 16.5.